The van der Waals surface area contributed by atoms with Crippen LogP contribution < -0.4 is 16.0 Å². The molecule has 2 rings (SSSR count). The Balaban J connectivity index is 1.94. The average Bonchev–Trinajstić information content (AvgIpc) is 2.39. The van der Waals surface area contributed by atoms with Gasteiger partial charge in [0.25, 0.3) is 0 Å². The van der Waals surface area contributed by atoms with Crippen molar-refractivity contribution >= 4 is 17.3 Å². The molecule has 0 aliphatic heterocycles. The molecule has 1 aromatic carbocycles. The van der Waals surface area contributed by atoms with Gasteiger partial charge in [-0.05, 0) is 43.5 Å². The number of nitrogens with one attached hydrogen (secondary N) is 1. The van der Waals surface area contributed by atoms with Gasteiger partial charge in [-0.1, -0.05) is 6.42 Å². The minimum absolute atomic E-state index is 0.0669. The molecule has 2 unspecified atom stereocenters. The average molecular weight is 261 g/mol. The summed E-state index contributed by atoms with van der Waals surface area (Å²) in [6, 6.07) is 8.07. The predicted molar refractivity (Wildman–Crippen MR) is 79.3 cm³/mol. The third kappa shape index (κ3) is 3.70. The molecule has 1 saturated carbocycles. The van der Waals surface area contributed by atoms with Gasteiger partial charge in [0.2, 0.25) is 5.91 Å². The lowest BCUT2D eigenvalue weighted by atomic mass is 9.85. The van der Waals surface area contributed by atoms with Gasteiger partial charge >= 0.3 is 0 Å². The summed E-state index contributed by atoms with van der Waals surface area (Å²) < 4.78 is 0. The lowest BCUT2D eigenvalue weighted by Crippen LogP contribution is -2.34. The van der Waals surface area contributed by atoms with E-state index in [4.69, 9.17) is 5.73 Å². The van der Waals surface area contributed by atoms with E-state index in [1.807, 2.05) is 43.3 Å². The second-order valence-electron chi connectivity index (χ2n) is 5.55. The van der Waals surface area contributed by atoms with Crippen molar-refractivity contribution in [1.29, 1.82) is 0 Å². The van der Waals surface area contributed by atoms with E-state index in [0.717, 1.165) is 37.1 Å². The summed E-state index contributed by atoms with van der Waals surface area (Å²) in [5, 5.41) is 2.99. The molecule has 0 saturated heterocycles. The Labute approximate surface area is 115 Å². The molecule has 0 bridgehead atoms. The monoisotopic (exact) mass is 261 g/mol. The Kier molecular flexibility index (Phi) is 4.43. The zero-order valence-corrected chi connectivity index (χ0v) is 11.7. The van der Waals surface area contributed by atoms with Gasteiger partial charge in [-0.25, -0.2) is 0 Å². The normalized spacial score (nSPS) is 22.9. The molecule has 1 amide bonds. The molecular formula is C15H23N3O. The van der Waals surface area contributed by atoms with E-state index in [0.29, 0.717) is 0 Å². The van der Waals surface area contributed by atoms with Gasteiger partial charge in [0, 0.05) is 37.4 Å². The van der Waals surface area contributed by atoms with Gasteiger partial charge in [-0.15, -0.1) is 0 Å². The number of carbonyl (C=O) groups is 1. The minimum Gasteiger partial charge on any atom is -0.378 e. The fraction of sp³-hybridized carbons (Fsp3) is 0.533. The third-order valence-corrected chi connectivity index (χ3v) is 3.74. The lowest BCUT2D eigenvalue weighted by Gasteiger charge is -2.25. The number of nitrogens with zero attached hydrogens (tertiary/aromatic N) is 1. The van der Waals surface area contributed by atoms with E-state index in [-0.39, 0.29) is 17.9 Å². The first kappa shape index (κ1) is 13.9. The van der Waals surface area contributed by atoms with Crippen LogP contribution in [0.4, 0.5) is 11.4 Å². The van der Waals surface area contributed by atoms with Crippen LogP contribution in [0, 0.1) is 5.92 Å². The molecule has 4 nitrogen and oxygen atoms in total. The fourth-order valence-corrected chi connectivity index (χ4v) is 2.55. The van der Waals surface area contributed by atoms with Crippen LogP contribution in [0.15, 0.2) is 24.3 Å². The van der Waals surface area contributed by atoms with E-state index >= 15 is 0 Å². The Bertz CT molecular complexity index is 428. The first-order chi connectivity index (χ1) is 9.06. The molecule has 2 atom stereocenters. The molecule has 1 aliphatic rings. The molecule has 104 valence electrons. The minimum atomic E-state index is 0.0669. The summed E-state index contributed by atoms with van der Waals surface area (Å²) in [6.45, 7) is 0. The van der Waals surface area contributed by atoms with Gasteiger partial charge in [-0.3, -0.25) is 4.79 Å². The van der Waals surface area contributed by atoms with E-state index in [1.165, 1.54) is 0 Å². The Morgan fingerprint density at radius 1 is 1.26 bits per heavy atom. The number of hydrogen-bond donors (Lipinski definition) is 2. The SMILES string of the molecule is CN(C)c1ccc(NC(=O)C2CCCC(N)C2)cc1. The molecule has 1 fully saturated rings. The number of hydrogen-bond acceptors (Lipinski definition) is 3. The fourth-order valence-electron chi connectivity index (χ4n) is 2.55. The van der Waals surface area contributed by atoms with Gasteiger partial charge in [-0.2, -0.15) is 0 Å². The molecule has 1 aliphatic carbocycles. The Morgan fingerprint density at radius 2 is 1.95 bits per heavy atom. The summed E-state index contributed by atoms with van der Waals surface area (Å²) in [4.78, 5) is 14.2. The summed E-state index contributed by atoms with van der Waals surface area (Å²) in [5.41, 5.74) is 7.90. The maximum atomic E-state index is 12.2. The second-order valence-corrected chi connectivity index (χ2v) is 5.55. The zero-order valence-electron chi connectivity index (χ0n) is 11.7. The molecule has 1 aromatic rings. The summed E-state index contributed by atoms with van der Waals surface area (Å²) in [5.74, 6) is 0.171. The lowest BCUT2D eigenvalue weighted by molar-refractivity contribution is -0.120. The van der Waals surface area contributed by atoms with Crippen molar-refractivity contribution in [2.24, 2.45) is 11.7 Å². The van der Waals surface area contributed by atoms with E-state index in [9.17, 15) is 4.79 Å². The second kappa shape index (κ2) is 6.06. The highest BCUT2D eigenvalue weighted by Crippen LogP contribution is 2.25. The van der Waals surface area contributed by atoms with Crippen LogP contribution in [0.1, 0.15) is 25.7 Å². The molecule has 0 spiro atoms. The van der Waals surface area contributed by atoms with Crippen LogP contribution in [-0.4, -0.2) is 26.0 Å². The number of amides is 1. The van der Waals surface area contributed by atoms with E-state index in [1.54, 1.807) is 0 Å². The highest BCUT2D eigenvalue weighted by molar-refractivity contribution is 5.92. The van der Waals surface area contributed by atoms with Crippen LogP contribution >= 0.6 is 0 Å². The third-order valence-electron chi connectivity index (χ3n) is 3.74. The smallest absolute Gasteiger partial charge is 0.227 e. The van der Waals surface area contributed by atoms with Gasteiger partial charge in [0.15, 0.2) is 0 Å². The maximum absolute atomic E-state index is 12.2. The van der Waals surface area contributed by atoms with Crippen molar-refractivity contribution in [3.63, 3.8) is 0 Å². The largest absolute Gasteiger partial charge is 0.378 e. The van der Waals surface area contributed by atoms with Crippen molar-refractivity contribution < 1.29 is 4.79 Å². The molecule has 4 heteroatoms. The highest BCUT2D eigenvalue weighted by Gasteiger charge is 2.25. The van der Waals surface area contributed by atoms with Crippen LogP contribution in [0.25, 0.3) is 0 Å². The van der Waals surface area contributed by atoms with Gasteiger partial charge in [0.1, 0.15) is 0 Å². The molecule has 0 radical (unpaired) electrons. The first-order valence-corrected chi connectivity index (χ1v) is 6.90. The van der Waals surface area contributed by atoms with Crippen LogP contribution in [0.3, 0.4) is 0 Å². The molecule has 19 heavy (non-hydrogen) atoms. The molecular weight excluding hydrogens is 238 g/mol. The first-order valence-electron chi connectivity index (χ1n) is 6.90. The summed E-state index contributed by atoms with van der Waals surface area (Å²) in [7, 11) is 3.99. The van der Waals surface area contributed by atoms with Crippen molar-refractivity contribution in [2.45, 2.75) is 31.7 Å². The van der Waals surface area contributed by atoms with Gasteiger partial charge in [0.05, 0.1) is 0 Å². The number of anilines is 2. The van der Waals surface area contributed by atoms with Crippen molar-refractivity contribution in [3.8, 4) is 0 Å². The van der Waals surface area contributed by atoms with Crippen LogP contribution in [0.5, 0.6) is 0 Å². The Hall–Kier alpha value is -1.55. The molecule has 0 heterocycles. The number of rotatable bonds is 3. The Morgan fingerprint density at radius 3 is 2.53 bits per heavy atom. The molecule has 3 N–H and O–H groups in total. The van der Waals surface area contributed by atoms with E-state index < -0.39 is 0 Å². The zero-order chi connectivity index (χ0) is 13.8. The van der Waals surface area contributed by atoms with Crippen molar-refractivity contribution in [3.05, 3.63) is 24.3 Å². The summed E-state index contributed by atoms with van der Waals surface area (Å²) in [6.07, 6.45) is 3.86. The number of carbonyl (C=O) groups excluding carboxylic acids is 1. The van der Waals surface area contributed by atoms with E-state index in [2.05, 4.69) is 5.32 Å². The standard InChI is InChI=1S/C15H23N3O/c1-18(2)14-8-6-13(7-9-14)17-15(19)11-4-3-5-12(16)10-11/h6-9,11-12H,3-5,10,16H2,1-2H3,(H,17,19). The predicted octanol–water partition coefficient (Wildman–Crippen LogP) is 2.21. The molecule has 0 aromatic heterocycles. The number of benzene rings is 1. The van der Waals surface area contributed by atoms with Crippen LogP contribution in [0.2, 0.25) is 0 Å². The van der Waals surface area contributed by atoms with Crippen molar-refractivity contribution in [2.75, 3.05) is 24.3 Å². The summed E-state index contributed by atoms with van der Waals surface area (Å²) >= 11 is 0. The number of nitrogens with two attached hydrogens (primary N) is 1. The quantitative estimate of drug-likeness (QED) is 0.877. The topological polar surface area (TPSA) is 58.4 Å². The van der Waals surface area contributed by atoms with Crippen LogP contribution in [-0.2, 0) is 4.79 Å². The van der Waals surface area contributed by atoms with Gasteiger partial charge < -0.3 is 16.0 Å². The van der Waals surface area contributed by atoms with Crippen molar-refractivity contribution in [1.82, 2.24) is 0 Å². The maximum Gasteiger partial charge on any atom is 0.227 e. The highest BCUT2D eigenvalue weighted by atomic mass is 16.1.